The minimum atomic E-state index is -0.484. The van der Waals surface area contributed by atoms with Gasteiger partial charge in [0.05, 0.1) is 6.04 Å². The van der Waals surface area contributed by atoms with Crippen molar-refractivity contribution in [2.75, 3.05) is 13.2 Å². The number of aryl methyl sites for hydroxylation is 1. The molecule has 116 valence electrons. The molecule has 0 radical (unpaired) electrons. The van der Waals surface area contributed by atoms with Crippen LogP contribution in [0.4, 0.5) is 0 Å². The molecule has 2 aliphatic heterocycles. The van der Waals surface area contributed by atoms with Gasteiger partial charge in [-0.15, -0.1) is 0 Å². The van der Waals surface area contributed by atoms with Gasteiger partial charge >= 0.3 is 0 Å². The van der Waals surface area contributed by atoms with Gasteiger partial charge < -0.3 is 9.84 Å². The van der Waals surface area contributed by atoms with E-state index in [0.717, 1.165) is 34.9 Å². The first kappa shape index (κ1) is 15.1. The molecule has 2 aliphatic rings. The fraction of sp³-hybridized carbons (Fsp3) is 0.647. The molecule has 2 heterocycles. The highest BCUT2D eigenvalue weighted by molar-refractivity contribution is 6.30. The van der Waals surface area contributed by atoms with E-state index in [9.17, 15) is 5.11 Å². The number of ether oxygens (including phenoxy) is 1. The first-order valence-corrected chi connectivity index (χ1v) is 8.36. The minimum absolute atomic E-state index is 0.0106. The summed E-state index contributed by atoms with van der Waals surface area (Å²) < 4.78 is 5.78. The Balaban J connectivity index is 2.02. The van der Waals surface area contributed by atoms with Gasteiger partial charge in [0.25, 0.3) is 0 Å². The molecule has 0 aliphatic carbocycles. The molecule has 3 rings (SSSR count). The van der Waals surface area contributed by atoms with Crippen molar-refractivity contribution < 1.29 is 9.84 Å². The lowest BCUT2D eigenvalue weighted by atomic mass is 9.89. The first-order valence-electron chi connectivity index (χ1n) is 7.98. The molecule has 21 heavy (non-hydrogen) atoms. The second-order valence-electron chi connectivity index (χ2n) is 6.26. The number of aliphatic hydroxyl groups excluding tert-OH is 1. The number of hydrogen-bond donors (Lipinski definition) is 1. The number of hydrogen-bond acceptors (Lipinski definition) is 3. The number of piperidine rings is 1. The number of benzene rings is 1. The van der Waals surface area contributed by atoms with Crippen molar-refractivity contribution in [2.45, 2.75) is 57.7 Å². The third-order valence-corrected chi connectivity index (χ3v) is 5.07. The highest BCUT2D eigenvalue weighted by Crippen LogP contribution is 2.42. The maximum atomic E-state index is 10.6. The van der Waals surface area contributed by atoms with Crippen LogP contribution in [0.1, 0.15) is 49.8 Å². The van der Waals surface area contributed by atoms with Crippen molar-refractivity contribution in [3.05, 3.63) is 28.3 Å². The Morgan fingerprint density at radius 2 is 2.19 bits per heavy atom. The molecule has 3 nitrogen and oxygen atoms in total. The minimum Gasteiger partial charge on any atom is -0.490 e. The summed E-state index contributed by atoms with van der Waals surface area (Å²) in [5.41, 5.74) is 2.11. The number of likely N-dealkylation sites (tertiary alicyclic amines) is 1. The van der Waals surface area contributed by atoms with Crippen LogP contribution in [0.25, 0.3) is 0 Å². The summed E-state index contributed by atoms with van der Waals surface area (Å²) in [6.07, 6.45) is 4.35. The topological polar surface area (TPSA) is 32.7 Å². The fourth-order valence-electron chi connectivity index (χ4n) is 3.87. The van der Waals surface area contributed by atoms with E-state index in [1.54, 1.807) is 0 Å². The molecular weight excluding hydrogens is 286 g/mol. The first-order chi connectivity index (χ1) is 10.1. The molecule has 1 saturated heterocycles. The van der Waals surface area contributed by atoms with Crippen LogP contribution in [-0.4, -0.2) is 35.3 Å². The molecule has 4 heteroatoms. The van der Waals surface area contributed by atoms with Gasteiger partial charge in [-0.2, -0.15) is 0 Å². The smallest absolute Gasteiger partial charge is 0.127 e. The second-order valence-corrected chi connectivity index (χ2v) is 6.70. The van der Waals surface area contributed by atoms with Crippen LogP contribution >= 0.6 is 11.6 Å². The number of aliphatic hydroxyl groups is 1. The van der Waals surface area contributed by atoms with Crippen LogP contribution in [0.3, 0.4) is 0 Å². The van der Waals surface area contributed by atoms with Gasteiger partial charge in [0, 0.05) is 16.6 Å². The number of nitrogens with zero attached hydrogens (tertiary/aromatic N) is 1. The molecule has 1 N–H and O–H groups in total. The Kier molecular flexibility index (Phi) is 4.43. The van der Waals surface area contributed by atoms with Crippen LogP contribution < -0.4 is 4.74 Å². The zero-order valence-corrected chi connectivity index (χ0v) is 13.6. The van der Waals surface area contributed by atoms with Gasteiger partial charge in [0.1, 0.15) is 18.5 Å². The maximum absolute atomic E-state index is 10.6. The molecule has 0 aromatic heterocycles. The van der Waals surface area contributed by atoms with E-state index in [-0.39, 0.29) is 6.04 Å². The normalized spacial score (nSPS) is 29.8. The highest BCUT2D eigenvalue weighted by atomic mass is 35.5. The largest absolute Gasteiger partial charge is 0.490 e. The fourth-order valence-corrected chi connectivity index (χ4v) is 4.15. The van der Waals surface area contributed by atoms with Gasteiger partial charge in [-0.25, -0.2) is 0 Å². The zero-order valence-electron chi connectivity index (χ0n) is 12.8. The maximum Gasteiger partial charge on any atom is 0.127 e. The van der Waals surface area contributed by atoms with Crippen molar-refractivity contribution in [1.29, 1.82) is 0 Å². The van der Waals surface area contributed by atoms with Crippen molar-refractivity contribution in [2.24, 2.45) is 0 Å². The average molecular weight is 310 g/mol. The van der Waals surface area contributed by atoms with Crippen LogP contribution in [0.15, 0.2) is 12.1 Å². The lowest BCUT2D eigenvalue weighted by Gasteiger charge is -2.45. The molecule has 1 fully saturated rings. The summed E-state index contributed by atoms with van der Waals surface area (Å²) in [4.78, 5) is 2.48. The third-order valence-electron chi connectivity index (χ3n) is 4.85. The SMILES string of the molecule is CCC1CCCCN1C1c2cc(Cl)cc(C)c2OCC1O. The molecule has 0 bridgehead atoms. The Hall–Kier alpha value is -0.770. The summed E-state index contributed by atoms with van der Waals surface area (Å²) in [5.74, 6) is 0.912. The lowest BCUT2D eigenvalue weighted by Crippen LogP contribution is -2.49. The lowest BCUT2D eigenvalue weighted by molar-refractivity contribution is -0.0292. The number of fused-ring (bicyclic) bond motifs is 1. The summed E-state index contributed by atoms with van der Waals surface area (Å²) >= 11 is 6.25. The van der Waals surface area contributed by atoms with E-state index in [2.05, 4.69) is 11.8 Å². The molecule has 0 saturated carbocycles. The molecule has 1 aromatic carbocycles. The van der Waals surface area contributed by atoms with Crippen LogP contribution in [0.5, 0.6) is 5.75 Å². The molecule has 1 aromatic rings. The van der Waals surface area contributed by atoms with Crippen molar-refractivity contribution >= 4 is 11.6 Å². The zero-order chi connectivity index (χ0) is 15.0. The van der Waals surface area contributed by atoms with Crippen molar-refractivity contribution in [3.63, 3.8) is 0 Å². The molecule has 0 spiro atoms. The van der Waals surface area contributed by atoms with Gasteiger partial charge in [-0.1, -0.05) is 24.9 Å². The Morgan fingerprint density at radius 3 is 2.95 bits per heavy atom. The van der Waals surface area contributed by atoms with Crippen molar-refractivity contribution in [3.8, 4) is 5.75 Å². The number of rotatable bonds is 2. The standard InChI is InChI=1S/C17H24ClNO2/c1-3-13-6-4-5-7-19(13)16-14-9-12(18)8-11(2)17(14)21-10-15(16)20/h8-9,13,15-16,20H,3-7,10H2,1-2H3. The Morgan fingerprint density at radius 1 is 1.38 bits per heavy atom. The predicted octanol–water partition coefficient (Wildman–Crippen LogP) is 3.71. The monoisotopic (exact) mass is 309 g/mol. The van der Waals surface area contributed by atoms with E-state index in [0.29, 0.717) is 12.6 Å². The van der Waals surface area contributed by atoms with Gasteiger partial charge in [-0.05, 0) is 50.4 Å². The molecular formula is C17H24ClNO2. The highest BCUT2D eigenvalue weighted by Gasteiger charge is 2.38. The molecule has 3 unspecified atom stereocenters. The van der Waals surface area contributed by atoms with Gasteiger partial charge in [0.15, 0.2) is 0 Å². The average Bonchev–Trinajstić information content (AvgIpc) is 2.47. The van der Waals surface area contributed by atoms with E-state index < -0.39 is 6.10 Å². The Bertz CT molecular complexity index is 520. The van der Waals surface area contributed by atoms with Gasteiger partial charge in [0.2, 0.25) is 0 Å². The van der Waals surface area contributed by atoms with Crippen LogP contribution in [0, 0.1) is 6.92 Å². The van der Waals surface area contributed by atoms with E-state index in [1.165, 1.54) is 19.3 Å². The Labute approximate surface area is 131 Å². The molecule has 3 atom stereocenters. The van der Waals surface area contributed by atoms with Crippen molar-refractivity contribution in [1.82, 2.24) is 4.90 Å². The third kappa shape index (κ3) is 2.79. The van der Waals surface area contributed by atoms with Crippen LogP contribution in [0.2, 0.25) is 5.02 Å². The summed E-state index contributed by atoms with van der Waals surface area (Å²) in [7, 11) is 0. The predicted molar refractivity (Wildman–Crippen MR) is 85.1 cm³/mol. The van der Waals surface area contributed by atoms with E-state index in [4.69, 9.17) is 16.3 Å². The van der Waals surface area contributed by atoms with Gasteiger partial charge in [-0.3, -0.25) is 4.90 Å². The quantitative estimate of drug-likeness (QED) is 0.904. The van der Waals surface area contributed by atoms with E-state index in [1.807, 2.05) is 19.1 Å². The van der Waals surface area contributed by atoms with Crippen LogP contribution in [-0.2, 0) is 0 Å². The summed E-state index contributed by atoms with van der Waals surface area (Å²) in [6.45, 7) is 5.67. The summed E-state index contributed by atoms with van der Waals surface area (Å²) in [6, 6.07) is 4.46. The summed E-state index contributed by atoms with van der Waals surface area (Å²) in [5, 5.41) is 11.3. The molecule has 0 amide bonds. The number of halogens is 1. The second kappa shape index (κ2) is 6.15. The van der Waals surface area contributed by atoms with E-state index >= 15 is 0 Å².